The standard InChI is InChI=1S/C18H28ClNO/c1-2-3-4-5-6-7-8-9-15-13-17(20)16-12-14(19)10-11-18(16)21-15/h10-12,15,17H,2-9,13,20H2,1H3/t15?,17-/m1/s1. The van der Waals surface area contributed by atoms with E-state index in [0.717, 1.165) is 29.2 Å². The number of halogens is 1. The Kier molecular flexibility index (Phi) is 6.85. The minimum absolute atomic E-state index is 0.0574. The van der Waals surface area contributed by atoms with Crippen LogP contribution in [-0.4, -0.2) is 6.10 Å². The Balaban J connectivity index is 1.70. The Morgan fingerprint density at radius 3 is 2.62 bits per heavy atom. The number of benzene rings is 1. The van der Waals surface area contributed by atoms with E-state index in [-0.39, 0.29) is 12.1 Å². The second-order valence-corrected chi connectivity index (χ2v) is 6.61. The van der Waals surface area contributed by atoms with E-state index in [1.807, 2.05) is 18.2 Å². The van der Waals surface area contributed by atoms with Gasteiger partial charge in [0.05, 0.1) is 0 Å². The zero-order chi connectivity index (χ0) is 15.1. The molecule has 3 heteroatoms. The number of hydrogen-bond donors (Lipinski definition) is 1. The van der Waals surface area contributed by atoms with Crippen molar-refractivity contribution in [1.29, 1.82) is 0 Å². The van der Waals surface area contributed by atoms with Gasteiger partial charge in [-0.1, -0.05) is 57.0 Å². The minimum atomic E-state index is 0.0574. The van der Waals surface area contributed by atoms with Gasteiger partial charge in [-0.25, -0.2) is 0 Å². The van der Waals surface area contributed by atoms with Gasteiger partial charge >= 0.3 is 0 Å². The van der Waals surface area contributed by atoms with E-state index in [0.29, 0.717) is 0 Å². The molecule has 0 saturated carbocycles. The monoisotopic (exact) mass is 309 g/mol. The Hall–Kier alpha value is -0.730. The van der Waals surface area contributed by atoms with E-state index in [2.05, 4.69) is 6.92 Å². The van der Waals surface area contributed by atoms with Crippen molar-refractivity contribution in [3.8, 4) is 5.75 Å². The van der Waals surface area contributed by atoms with E-state index in [4.69, 9.17) is 22.1 Å². The molecule has 0 amide bonds. The Labute approximate surface area is 134 Å². The molecule has 2 atom stereocenters. The number of unbranched alkanes of at least 4 members (excludes halogenated alkanes) is 6. The molecule has 0 spiro atoms. The van der Waals surface area contributed by atoms with Crippen LogP contribution in [0.4, 0.5) is 0 Å². The summed E-state index contributed by atoms with van der Waals surface area (Å²) in [7, 11) is 0. The van der Waals surface area contributed by atoms with Gasteiger partial charge < -0.3 is 10.5 Å². The van der Waals surface area contributed by atoms with E-state index in [9.17, 15) is 0 Å². The van der Waals surface area contributed by atoms with Gasteiger partial charge in [0.25, 0.3) is 0 Å². The van der Waals surface area contributed by atoms with Crippen LogP contribution in [0.25, 0.3) is 0 Å². The van der Waals surface area contributed by atoms with Crippen LogP contribution in [0, 0.1) is 0 Å². The van der Waals surface area contributed by atoms with Crippen LogP contribution in [0.15, 0.2) is 18.2 Å². The number of nitrogens with two attached hydrogens (primary N) is 1. The lowest BCUT2D eigenvalue weighted by atomic mass is 9.94. The van der Waals surface area contributed by atoms with Gasteiger partial charge in [0, 0.05) is 23.0 Å². The molecule has 1 aliphatic rings. The second kappa shape index (κ2) is 8.65. The summed E-state index contributed by atoms with van der Waals surface area (Å²) >= 11 is 6.02. The summed E-state index contributed by atoms with van der Waals surface area (Å²) in [6.07, 6.45) is 11.6. The lowest BCUT2D eigenvalue weighted by Gasteiger charge is -2.30. The first-order valence-corrected chi connectivity index (χ1v) is 8.80. The molecule has 1 aliphatic heterocycles. The summed E-state index contributed by atoms with van der Waals surface area (Å²) in [5, 5.41) is 0.735. The largest absolute Gasteiger partial charge is 0.490 e. The number of rotatable bonds is 8. The molecule has 1 aromatic rings. The first-order valence-electron chi connectivity index (χ1n) is 8.42. The van der Waals surface area contributed by atoms with Gasteiger partial charge in [-0.05, 0) is 31.0 Å². The predicted octanol–water partition coefficient (Wildman–Crippen LogP) is 5.63. The molecular weight excluding hydrogens is 282 g/mol. The van der Waals surface area contributed by atoms with Crippen LogP contribution in [0.1, 0.15) is 76.3 Å². The van der Waals surface area contributed by atoms with Crippen molar-refractivity contribution in [3.05, 3.63) is 28.8 Å². The van der Waals surface area contributed by atoms with Crippen LogP contribution in [0.5, 0.6) is 5.75 Å². The molecule has 0 radical (unpaired) electrons. The molecule has 0 bridgehead atoms. The molecular formula is C18H28ClNO. The average molecular weight is 310 g/mol. The Morgan fingerprint density at radius 1 is 1.14 bits per heavy atom. The molecule has 1 aromatic carbocycles. The van der Waals surface area contributed by atoms with Crippen LogP contribution < -0.4 is 10.5 Å². The fourth-order valence-corrected chi connectivity index (χ4v) is 3.24. The summed E-state index contributed by atoms with van der Waals surface area (Å²) in [6, 6.07) is 5.82. The molecule has 21 heavy (non-hydrogen) atoms. The number of hydrogen-bond acceptors (Lipinski definition) is 2. The Morgan fingerprint density at radius 2 is 1.86 bits per heavy atom. The summed E-state index contributed by atoms with van der Waals surface area (Å²) in [6.45, 7) is 2.26. The van der Waals surface area contributed by atoms with E-state index < -0.39 is 0 Å². The minimum Gasteiger partial charge on any atom is -0.490 e. The Bertz CT molecular complexity index is 435. The molecule has 2 N–H and O–H groups in total. The van der Waals surface area contributed by atoms with Crippen molar-refractivity contribution in [3.63, 3.8) is 0 Å². The summed E-state index contributed by atoms with van der Waals surface area (Å²) in [5.41, 5.74) is 7.31. The topological polar surface area (TPSA) is 35.2 Å². The molecule has 0 fully saturated rings. The fraction of sp³-hybridized carbons (Fsp3) is 0.667. The quantitative estimate of drug-likeness (QED) is 0.631. The lowest BCUT2D eigenvalue weighted by molar-refractivity contribution is 0.146. The molecule has 1 unspecified atom stereocenters. The molecule has 2 rings (SSSR count). The van der Waals surface area contributed by atoms with Crippen molar-refractivity contribution in [2.45, 2.75) is 76.9 Å². The van der Waals surface area contributed by atoms with Gasteiger partial charge in [0.15, 0.2) is 0 Å². The van der Waals surface area contributed by atoms with E-state index in [1.165, 1.54) is 44.9 Å². The average Bonchev–Trinajstić information content (AvgIpc) is 2.47. The first-order chi connectivity index (χ1) is 10.2. The highest BCUT2D eigenvalue weighted by Crippen LogP contribution is 2.36. The molecule has 118 valence electrons. The van der Waals surface area contributed by atoms with Crippen molar-refractivity contribution < 1.29 is 4.74 Å². The highest BCUT2D eigenvalue weighted by molar-refractivity contribution is 6.30. The molecule has 2 nitrogen and oxygen atoms in total. The number of ether oxygens (including phenoxy) is 1. The maximum Gasteiger partial charge on any atom is 0.124 e. The fourth-order valence-electron chi connectivity index (χ4n) is 3.06. The predicted molar refractivity (Wildman–Crippen MR) is 90.0 cm³/mol. The maximum absolute atomic E-state index is 6.25. The zero-order valence-corrected chi connectivity index (χ0v) is 13.9. The van der Waals surface area contributed by atoms with Gasteiger partial charge in [0.2, 0.25) is 0 Å². The summed E-state index contributed by atoms with van der Waals surface area (Å²) < 4.78 is 6.06. The van der Waals surface area contributed by atoms with E-state index in [1.54, 1.807) is 0 Å². The van der Waals surface area contributed by atoms with Crippen LogP contribution in [0.2, 0.25) is 5.02 Å². The van der Waals surface area contributed by atoms with Crippen molar-refractivity contribution in [1.82, 2.24) is 0 Å². The van der Waals surface area contributed by atoms with E-state index >= 15 is 0 Å². The molecule has 0 saturated heterocycles. The van der Waals surface area contributed by atoms with Crippen molar-refractivity contribution in [2.24, 2.45) is 5.73 Å². The third-order valence-electron chi connectivity index (χ3n) is 4.31. The lowest BCUT2D eigenvalue weighted by Crippen LogP contribution is -2.29. The molecule has 0 aromatic heterocycles. The zero-order valence-electron chi connectivity index (χ0n) is 13.1. The van der Waals surface area contributed by atoms with Gasteiger partial charge in [-0.2, -0.15) is 0 Å². The highest BCUT2D eigenvalue weighted by atomic mass is 35.5. The van der Waals surface area contributed by atoms with Crippen LogP contribution in [-0.2, 0) is 0 Å². The van der Waals surface area contributed by atoms with Crippen molar-refractivity contribution >= 4 is 11.6 Å². The third-order valence-corrected chi connectivity index (χ3v) is 4.55. The normalized spacial score (nSPS) is 20.9. The van der Waals surface area contributed by atoms with Gasteiger partial charge in [-0.3, -0.25) is 0 Å². The van der Waals surface area contributed by atoms with Gasteiger partial charge in [-0.15, -0.1) is 0 Å². The van der Waals surface area contributed by atoms with Gasteiger partial charge in [0.1, 0.15) is 11.9 Å². The second-order valence-electron chi connectivity index (χ2n) is 6.17. The summed E-state index contributed by atoms with van der Waals surface area (Å²) in [5.74, 6) is 0.922. The molecule has 0 aliphatic carbocycles. The first kappa shape index (κ1) is 16.6. The summed E-state index contributed by atoms with van der Waals surface area (Å²) in [4.78, 5) is 0. The number of fused-ring (bicyclic) bond motifs is 1. The SMILES string of the molecule is CCCCCCCCCC1C[C@@H](N)c2cc(Cl)ccc2O1. The highest BCUT2D eigenvalue weighted by Gasteiger charge is 2.25. The maximum atomic E-state index is 6.25. The molecule has 1 heterocycles. The van der Waals surface area contributed by atoms with Crippen LogP contribution >= 0.6 is 11.6 Å². The van der Waals surface area contributed by atoms with Crippen molar-refractivity contribution in [2.75, 3.05) is 0 Å². The van der Waals surface area contributed by atoms with Crippen LogP contribution in [0.3, 0.4) is 0 Å². The third kappa shape index (κ3) is 5.19. The smallest absolute Gasteiger partial charge is 0.124 e.